The first-order valence-electron chi connectivity index (χ1n) is 7.21. The van der Waals surface area contributed by atoms with Gasteiger partial charge in [0.2, 0.25) is 0 Å². The van der Waals surface area contributed by atoms with E-state index in [1.54, 1.807) is 0 Å². The van der Waals surface area contributed by atoms with Crippen LogP contribution in [0.15, 0.2) is 29.3 Å². The molecule has 104 valence electrons. The van der Waals surface area contributed by atoms with E-state index in [2.05, 4.69) is 43.1 Å². The number of thioether (sulfide) groups is 2. The van der Waals surface area contributed by atoms with Gasteiger partial charge in [-0.15, -0.1) is 0 Å². The van der Waals surface area contributed by atoms with Gasteiger partial charge < -0.3 is 0 Å². The largest absolute Gasteiger partial charge is 0.235 e. The highest BCUT2D eigenvalue weighted by Crippen LogP contribution is 2.29. The van der Waals surface area contributed by atoms with Crippen LogP contribution in [0.4, 0.5) is 5.69 Å². The molecule has 0 aliphatic carbocycles. The highest BCUT2D eigenvalue weighted by atomic mass is 32.2. The lowest BCUT2D eigenvalue weighted by Gasteiger charge is -2.10. The summed E-state index contributed by atoms with van der Waals surface area (Å²) in [5.41, 5.74) is 2.54. The number of nitrogens with zero attached hydrogens (tertiary/aromatic N) is 1. The van der Waals surface area contributed by atoms with E-state index in [1.165, 1.54) is 47.1 Å². The molecule has 1 saturated heterocycles. The highest BCUT2D eigenvalue weighted by molar-refractivity contribution is 8.41. The summed E-state index contributed by atoms with van der Waals surface area (Å²) >= 11 is 3.75. The number of hydrogen-bond donors (Lipinski definition) is 0. The third kappa shape index (κ3) is 5.23. The Kier molecular flexibility index (Phi) is 6.32. The molecule has 3 heteroatoms. The van der Waals surface area contributed by atoms with E-state index in [-0.39, 0.29) is 0 Å². The van der Waals surface area contributed by atoms with Crippen LogP contribution in [-0.2, 0) is 6.42 Å². The Bertz CT molecular complexity index is 403. The molecular weight excluding hydrogens is 270 g/mol. The van der Waals surface area contributed by atoms with Gasteiger partial charge in [0, 0.05) is 11.5 Å². The lowest BCUT2D eigenvalue weighted by Crippen LogP contribution is -1.99. The Labute approximate surface area is 125 Å². The normalized spacial score (nSPS) is 16.6. The Morgan fingerprint density at radius 2 is 1.84 bits per heavy atom. The van der Waals surface area contributed by atoms with E-state index >= 15 is 0 Å². The van der Waals surface area contributed by atoms with Crippen LogP contribution in [0.1, 0.15) is 38.7 Å². The predicted molar refractivity (Wildman–Crippen MR) is 90.8 cm³/mol. The molecule has 1 heterocycles. The first kappa shape index (κ1) is 15.0. The molecule has 0 N–H and O–H groups in total. The summed E-state index contributed by atoms with van der Waals surface area (Å²) in [5.74, 6) is 3.20. The summed E-state index contributed by atoms with van der Waals surface area (Å²) in [5, 5.41) is 0. The van der Waals surface area contributed by atoms with Crippen LogP contribution in [0, 0.1) is 5.92 Å². The highest BCUT2D eigenvalue weighted by Gasteiger charge is 2.09. The van der Waals surface area contributed by atoms with Gasteiger partial charge in [-0.3, -0.25) is 0 Å². The molecule has 0 aromatic heterocycles. The molecule has 1 aromatic rings. The summed E-state index contributed by atoms with van der Waals surface area (Å²) in [6.45, 7) is 4.62. The first-order valence-corrected chi connectivity index (χ1v) is 9.18. The molecule has 1 fully saturated rings. The van der Waals surface area contributed by atoms with Crippen LogP contribution in [0.25, 0.3) is 0 Å². The van der Waals surface area contributed by atoms with Gasteiger partial charge >= 0.3 is 0 Å². The molecule has 1 unspecified atom stereocenters. The fraction of sp³-hybridized carbons (Fsp3) is 0.562. The maximum Gasteiger partial charge on any atom is 0.130 e. The minimum Gasteiger partial charge on any atom is -0.235 e. The second-order valence-corrected chi connectivity index (χ2v) is 7.62. The topological polar surface area (TPSA) is 12.4 Å². The lowest BCUT2D eigenvalue weighted by atomic mass is 9.96. The van der Waals surface area contributed by atoms with Crippen LogP contribution in [-0.4, -0.2) is 15.9 Å². The molecule has 1 atom stereocenters. The predicted octanol–water partition coefficient (Wildman–Crippen LogP) is 5.52. The average Bonchev–Trinajstić information content (AvgIpc) is 2.91. The summed E-state index contributed by atoms with van der Waals surface area (Å²) in [7, 11) is 0. The van der Waals surface area contributed by atoms with Gasteiger partial charge in [-0.2, -0.15) is 0 Å². The third-order valence-corrected chi connectivity index (χ3v) is 5.78. The van der Waals surface area contributed by atoms with E-state index < -0.39 is 0 Å². The van der Waals surface area contributed by atoms with Crippen molar-refractivity contribution in [2.24, 2.45) is 10.9 Å². The van der Waals surface area contributed by atoms with Crippen molar-refractivity contribution in [3.05, 3.63) is 29.8 Å². The first-order chi connectivity index (χ1) is 9.28. The van der Waals surface area contributed by atoms with Crippen molar-refractivity contribution >= 4 is 33.6 Å². The number of benzene rings is 1. The zero-order valence-corrected chi connectivity index (χ0v) is 13.5. The summed E-state index contributed by atoms with van der Waals surface area (Å²) in [4.78, 5) is 4.67. The molecule has 1 aliphatic rings. The van der Waals surface area contributed by atoms with Crippen LogP contribution < -0.4 is 0 Å². The van der Waals surface area contributed by atoms with Crippen molar-refractivity contribution in [3.63, 3.8) is 0 Å². The van der Waals surface area contributed by atoms with Gasteiger partial charge in [0.05, 0.1) is 5.69 Å². The summed E-state index contributed by atoms with van der Waals surface area (Å²) in [6.07, 6.45) is 5.19. The Balaban J connectivity index is 1.89. The molecule has 0 amide bonds. The second-order valence-electron chi connectivity index (χ2n) is 5.19. The van der Waals surface area contributed by atoms with Gasteiger partial charge in [-0.05, 0) is 30.0 Å². The van der Waals surface area contributed by atoms with Crippen molar-refractivity contribution < 1.29 is 0 Å². The van der Waals surface area contributed by atoms with Crippen molar-refractivity contribution in [1.29, 1.82) is 0 Å². The number of aliphatic imine (C=N–C) groups is 1. The SMILES string of the molecule is CCCCC(C)Cc1ccc(N=C2SCCS2)cc1. The van der Waals surface area contributed by atoms with Gasteiger partial charge in [-0.1, -0.05) is 68.8 Å². The standard InChI is InChI=1S/C16H23NS2/c1-3-4-5-13(2)12-14-6-8-15(9-7-14)17-16-18-10-11-19-16/h6-9,13H,3-5,10-12H2,1-2H3. The van der Waals surface area contributed by atoms with Crippen LogP contribution in [0.3, 0.4) is 0 Å². The third-order valence-electron chi connectivity index (χ3n) is 3.33. The Morgan fingerprint density at radius 3 is 2.47 bits per heavy atom. The number of unbranched alkanes of at least 4 members (excludes halogenated alkanes) is 1. The molecule has 1 aliphatic heterocycles. The van der Waals surface area contributed by atoms with Crippen molar-refractivity contribution in [3.8, 4) is 0 Å². The number of rotatable bonds is 6. The molecular formula is C16H23NS2. The maximum absolute atomic E-state index is 4.67. The van der Waals surface area contributed by atoms with Crippen LogP contribution in [0.5, 0.6) is 0 Å². The van der Waals surface area contributed by atoms with Crippen molar-refractivity contribution in [1.82, 2.24) is 0 Å². The van der Waals surface area contributed by atoms with Gasteiger partial charge in [0.15, 0.2) is 0 Å². The minimum atomic E-state index is 0.790. The van der Waals surface area contributed by atoms with Crippen LogP contribution >= 0.6 is 23.5 Å². The molecule has 0 radical (unpaired) electrons. The molecule has 0 spiro atoms. The van der Waals surface area contributed by atoms with Crippen LogP contribution in [0.2, 0.25) is 0 Å². The zero-order valence-electron chi connectivity index (χ0n) is 11.9. The van der Waals surface area contributed by atoms with E-state index in [4.69, 9.17) is 0 Å². The van der Waals surface area contributed by atoms with Gasteiger partial charge in [0.25, 0.3) is 0 Å². The summed E-state index contributed by atoms with van der Waals surface area (Å²) < 4.78 is 1.23. The average molecular weight is 294 g/mol. The molecule has 1 aromatic carbocycles. The molecule has 1 nitrogen and oxygen atoms in total. The van der Waals surface area contributed by atoms with E-state index in [1.807, 2.05) is 23.5 Å². The van der Waals surface area contributed by atoms with E-state index in [9.17, 15) is 0 Å². The monoisotopic (exact) mass is 293 g/mol. The molecule has 0 saturated carbocycles. The minimum absolute atomic E-state index is 0.790. The zero-order chi connectivity index (χ0) is 13.5. The summed E-state index contributed by atoms with van der Waals surface area (Å²) in [6, 6.07) is 8.81. The molecule has 2 rings (SSSR count). The fourth-order valence-corrected chi connectivity index (χ4v) is 4.42. The Hall–Kier alpha value is -0.410. The van der Waals surface area contributed by atoms with Crippen molar-refractivity contribution in [2.45, 2.75) is 39.5 Å². The Morgan fingerprint density at radius 1 is 1.16 bits per heavy atom. The molecule has 19 heavy (non-hydrogen) atoms. The maximum atomic E-state index is 4.67. The van der Waals surface area contributed by atoms with Crippen molar-refractivity contribution in [2.75, 3.05) is 11.5 Å². The second kappa shape index (κ2) is 8.01. The quantitative estimate of drug-likeness (QED) is 0.684. The van der Waals surface area contributed by atoms with Gasteiger partial charge in [-0.25, -0.2) is 4.99 Å². The smallest absolute Gasteiger partial charge is 0.130 e. The molecule has 0 bridgehead atoms. The van der Waals surface area contributed by atoms with Gasteiger partial charge in [0.1, 0.15) is 4.38 Å². The van der Waals surface area contributed by atoms with E-state index in [0.717, 1.165) is 11.6 Å². The van der Waals surface area contributed by atoms with E-state index in [0.29, 0.717) is 0 Å². The lowest BCUT2D eigenvalue weighted by molar-refractivity contribution is 0.503. The fourth-order valence-electron chi connectivity index (χ4n) is 2.23. The number of hydrogen-bond acceptors (Lipinski definition) is 3.